The lowest BCUT2D eigenvalue weighted by atomic mass is 10.3. The molecule has 0 N–H and O–H groups in total. The van der Waals surface area contributed by atoms with E-state index in [0.29, 0.717) is 4.58 Å². The number of hydrogen-bond donors (Lipinski definition) is 0. The van der Waals surface area contributed by atoms with Gasteiger partial charge in [0.05, 0.1) is 6.26 Å². The van der Waals surface area contributed by atoms with Gasteiger partial charge in [0.25, 0.3) is 0 Å². The molecule has 3 heteroatoms. The van der Waals surface area contributed by atoms with Crippen molar-refractivity contribution in [2.45, 2.75) is 11.5 Å². The quantitative estimate of drug-likeness (QED) is 0.669. The van der Waals surface area contributed by atoms with Crippen molar-refractivity contribution in [1.82, 2.24) is 0 Å². The van der Waals surface area contributed by atoms with Crippen molar-refractivity contribution in [2.24, 2.45) is 0 Å². The second kappa shape index (κ2) is 3.15. The lowest BCUT2D eigenvalue weighted by Crippen LogP contribution is -1.77. The molecule has 0 radical (unpaired) electrons. The fourth-order valence-electron chi connectivity index (χ4n) is 1.10. The normalized spacial score (nSPS) is 19.4. The Bertz CT molecular complexity index is 238. The molecule has 0 saturated carbocycles. The zero-order chi connectivity index (χ0) is 7.68. The Morgan fingerprint density at radius 3 is 2.73 bits per heavy atom. The van der Waals surface area contributed by atoms with E-state index in [9.17, 15) is 0 Å². The Balaban J connectivity index is 2.15. The molecule has 0 bridgehead atoms. The first-order chi connectivity index (χ1) is 5.36. The van der Waals surface area contributed by atoms with Crippen LogP contribution in [0, 0.1) is 6.92 Å². The van der Waals surface area contributed by atoms with Gasteiger partial charge in [-0.05, 0) is 18.6 Å². The minimum atomic E-state index is 0.559. The molecule has 0 amide bonds. The van der Waals surface area contributed by atoms with Crippen LogP contribution in [-0.4, -0.2) is 11.5 Å². The third-order valence-electron chi connectivity index (χ3n) is 1.60. The lowest BCUT2D eigenvalue weighted by Gasteiger charge is -2.01. The van der Waals surface area contributed by atoms with Crippen LogP contribution in [0.4, 0.5) is 0 Å². The van der Waals surface area contributed by atoms with Gasteiger partial charge in [0.1, 0.15) is 10.3 Å². The first-order valence-corrected chi connectivity index (χ1v) is 5.74. The molecule has 60 valence electrons. The summed E-state index contributed by atoms with van der Waals surface area (Å²) < 4.78 is 5.97. The Morgan fingerprint density at radius 1 is 1.45 bits per heavy atom. The zero-order valence-corrected chi connectivity index (χ0v) is 8.00. The summed E-state index contributed by atoms with van der Waals surface area (Å²) in [4.78, 5) is 0. The van der Waals surface area contributed by atoms with E-state index >= 15 is 0 Å². The van der Waals surface area contributed by atoms with Crippen LogP contribution in [0.3, 0.4) is 0 Å². The van der Waals surface area contributed by atoms with Crippen LogP contribution in [0.25, 0.3) is 0 Å². The molecule has 2 rings (SSSR count). The highest BCUT2D eigenvalue weighted by molar-refractivity contribution is 8.19. The van der Waals surface area contributed by atoms with Gasteiger partial charge in [0, 0.05) is 11.5 Å². The standard InChI is InChI=1S/C8H10OS2/c1-6-4-7(9-5-6)8-10-2-3-11-8/h4-5,8H,2-3H2,1H3. The monoisotopic (exact) mass is 186 g/mol. The van der Waals surface area contributed by atoms with Gasteiger partial charge < -0.3 is 4.42 Å². The van der Waals surface area contributed by atoms with Crippen molar-refractivity contribution in [2.75, 3.05) is 11.5 Å². The van der Waals surface area contributed by atoms with Crippen LogP contribution >= 0.6 is 23.5 Å². The summed E-state index contributed by atoms with van der Waals surface area (Å²) >= 11 is 3.96. The summed E-state index contributed by atoms with van der Waals surface area (Å²) in [6.07, 6.45) is 1.83. The molecule has 1 aliphatic heterocycles. The summed E-state index contributed by atoms with van der Waals surface area (Å²) in [5.74, 6) is 3.65. The first-order valence-electron chi connectivity index (χ1n) is 3.64. The van der Waals surface area contributed by atoms with Crippen LogP contribution < -0.4 is 0 Å². The molecule has 2 heterocycles. The second-order valence-electron chi connectivity index (χ2n) is 2.60. The van der Waals surface area contributed by atoms with E-state index in [1.54, 1.807) is 0 Å². The van der Waals surface area contributed by atoms with E-state index in [0.717, 1.165) is 5.76 Å². The molecule has 0 aromatic carbocycles. The van der Waals surface area contributed by atoms with Gasteiger partial charge in [-0.1, -0.05) is 0 Å². The van der Waals surface area contributed by atoms with Crippen LogP contribution in [0.1, 0.15) is 15.9 Å². The molecule has 0 aliphatic carbocycles. The fourth-order valence-corrected chi connectivity index (χ4v) is 3.84. The largest absolute Gasteiger partial charge is 0.467 e. The molecule has 0 spiro atoms. The highest BCUT2D eigenvalue weighted by Crippen LogP contribution is 2.45. The highest BCUT2D eigenvalue weighted by atomic mass is 32.2. The fraction of sp³-hybridized carbons (Fsp3) is 0.500. The van der Waals surface area contributed by atoms with Crippen molar-refractivity contribution in [3.8, 4) is 0 Å². The molecule has 0 unspecified atom stereocenters. The Hall–Kier alpha value is -0.0200. The summed E-state index contributed by atoms with van der Waals surface area (Å²) in [5.41, 5.74) is 1.23. The van der Waals surface area contributed by atoms with Crippen LogP contribution in [-0.2, 0) is 0 Å². The molecule has 1 fully saturated rings. The maximum Gasteiger partial charge on any atom is 0.127 e. The average Bonchev–Trinajstić information content (AvgIpc) is 2.55. The summed E-state index contributed by atoms with van der Waals surface area (Å²) in [6.45, 7) is 2.07. The van der Waals surface area contributed by atoms with Crippen LogP contribution in [0.2, 0.25) is 0 Å². The topological polar surface area (TPSA) is 13.1 Å². The summed E-state index contributed by atoms with van der Waals surface area (Å²) in [7, 11) is 0. The van der Waals surface area contributed by atoms with Gasteiger partial charge in [-0.2, -0.15) is 0 Å². The number of furan rings is 1. The van der Waals surface area contributed by atoms with Gasteiger partial charge in [-0.15, -0.1) is 23.5 Å². The SMILES string of the molecule is Cc1coc(C2SCCS2)c1. The smallest absolute Gasteiger partial charge is 0.127 e. The van der Waals surface area contributed by atoms with Crippen molar-refractivity contribution >= 4 is 23.5 Å². The van der Waals surface area contributed by atoms with Gasteiger partial charge in [0.2, 0.25) is 0 Å². The Kier molecular flexibility index (Phi) is 2.18. The van der Waals surface area contributed by atoms with E-state index in [-0.39, 0.29) is 0 Å². The average molecular weight is 186 g/mol. The second-order valence-corrected chi connectivity index (χ2v) is 5.32. The van der Waals surface area contributed by atoms with Gasteiger partial charge in [0.15, 0.2) is 0 Å². The molecular weight excluding hydrogens is 176 g/mol. The lowest BCUT2D eigenvalue weighted by molar-refractivity contribution is 0.527. The molecule has 1 aromatic rings. The predicted octanol–water partition coefficient (Wildman–Crippen LogP) is 3.07. The molecular formula is C8H10OS2. The van der Waals surface area contributed by atoms with Crippen molar-refractivity contribution in [3.05, 3.63) is 23.7 Å². The Morgan fingerprint density at radius 2 is 2.18 bits per heavy atom. The van der Waals surface area contributed by atoms with E-state index in [1.807, 2.05) is 29.8 Å². The predicted molar refractivity (Wildman–Crippen MR) is 51.1 cm³/mol. The zero-order valence-electron chi connectivity index (χ0n) is 6.37. The molecule has 1 aromatic heterocycles. The minimum Gasteiger partial charge on any atom is -0.467 e. The minimum absolute atomic E-state index is 0.559. The van der Waals surface area contributed by atoms with Gasteiger partial charge in [-0.3, -0.25) is 0 Å². The molecule has 1 nitrogen and oxygen atoms in total. The van der Waals surface area contributed by atoms with Crippen molar-refractivity contribution in [1.29, 1.82) is 0 Å². The summed E-state index contributed by atoms with van der Waals surface area (Å²) in [5, 5.41) is 0. The van der Waals surface area contributed by atoms with E-state index in [4.69, 9.17) is 4.42 Å². The number of aryl methyl sites for hydroxylation is 1. The van der Waals surface area contributed by atoms with Crippen molar-refractivity contribution < 1.29 is 4.42 Å². The molecule has 11 heavy (non-hydrogen) atoms. The van der Waals surface area contributed by atoms with Gasteiger partial charge in [-0.25, -0.2) is 0 Å². The third kappa shape index (κ3) is 1.59. The molecule has 0 atom stereocenters. The van der Waals surface area contributed by atoms with E-state index in [2.05, 4.69) is 13.0 Å². The highest BCUT2D eigenvalue weighted by Gasteiger charge is 2.20. The van der Waals surface area contributed by atoms with Crippen molar-refractivity contribution in [3.63, 3.8) is 0 Å². The molecule has 1 saturated heterocycles. The van der Waals surface area contributed by atoms with E-state index in [1.165, 1.54) is 17.1 Å². The maximum atomic E-state index is 5.41. The summed E-state index contributed by atoms with van der Waals surface area (Å²) in [6, 6.07) is 2.13. The number of thioether (sulfide) groups is 2. The van der Waals surface area contributed by atoms with Crippen LogP contribution in [0.5, 0.6) is 0 Å². The van der Waals surface area contributed by atoms with Crippen LogP contribution in [0.15, 0.2) is 16.7 Å². The first kappa shape index (κ1) is 7.62. The Labute approximate surface area is 74.9 Å². The number of hydrogen-bond acceptors (Lipinski definition) is 3. The van der Waals surface area contributed by atoms with E-state index < -0.39 is 0 Å². The molecule has 1 aliphatic rings. The number of rotatable bonds is 1. The third-order valence-corrected chi connectivity index (χ3v) is 4.63. The maximum absolute atomic E-state index is 5.41. The van der Waals surface area contributed by atoms with Gasteiger partial charge >= 0.3 is 0 Å².